The number of H-pyrrole nitrogens is 1. The van der Waals surface area contributed by atoms with Gasteiger partial charge in [-0.05, 0) is 14.1 Å². The molecule has 0 amide bonds. The van der Waals surface area contributed by atoms with E-state index in [-0.39, 0.29) is 0 Å². The minimum absolute atomic E-state index is 0.861. The summed E-state index contributed by atoms with van der Waals surface area (Å²) in [5, 5.41) is 0. The van der Waals surface area contributed by atoms with Crippen molar-refractivity contribution in [3.05, 3.63) is 24.2 Å². The average molecular weight is 176 g/mol. The number of hydrogen-bond donors (Lipinski definition) is 1. The van der Waals surface area contributed by atoms with Crippen molar-refractivity contribution in [2.75, 3.05) is 14.1 Å². The summed E-state index contributed by atoms with van der Waals surface area (Å²) in [5.74, 6) is 0. The van der Waals surface area contributed by atoms with E-state index in [1.54, 1.807) is 12.4 Å². The van der Waals surface area contributed by atoms with Gasteiger partial charge in [-0.2, -0.15) is 0 Å². The number of nitrogens with one attached hydrogen (secondary N) is 1. The largest absolute Gasteiger partial charge is 0.344 e. The summed E-state index contributed by atoms with van der Waals surface area (Å²) in [6.07, 6.45) is 5.37. The first-order valence-electron chi connectivity index (χ1n) is 4.19. The fourth-order valence-electron chi connectivity index (χ4n) is 1.36. The number of aromatic amines is 1. The normalized spacial score (nSPS) is 11.3. The van der Waals surface area contributed by atoms with Crippen molar-refractivity contribution in [3.63, 3.8) is 0 Å². The molecule has 0 saturated carbocycles. The van der Waals surface area contributed by atoms with Crippen LogP contribution in [0.1, 0.15) is 5.56 Å². The van der Waals surface area contributed by atoms with Crippen molar-refractivity contribution in [3.8, 4) is 0 Å². The monoisotopic (exact) mass is 176 g/mol. The van der Waals surface area contributed by atoms with Crippen molar-refractivity contribution in [2.45, 2.75) is 6.54 Å². The van der Waals surface area contributed by atoms with Crippen LogP contribution in [0.2, 0.25) is 0 Å². The third-order valence-electron chi connectivity index (χ3n) is 1.87. The lowest BCUT2D eigenvalue weighted by atomic mass is 10.3. The molecule has 13 heavy (non-hydrogen) atoms. The van der Waals surface area contributed by atoms with Crippen LogP contribution in [-0.4, -0.2) is 33.9 Å². The molecule has 2 heterocycles. The molecule has 68 valence electrons. The molecule has 2 aromatic rings. The third-order valence-corrected chi connectivity index (χ3v) is 1.87. The second-order valence-electron chi connectivity index (χ2n) is 3.31. The van der Waals surface area contributed by atoms with Gasteiger partial charge in [-0.25, -0.2) is 4.98 Å². The van der Waals surface area contributed by atoms with Crippen molar-refractivity contribution in [2.24, 2.45) is 0 Å². The van der Waals surface area contributed by atoms with E-state index in [2.05, 4.69) is 19.9 Å². The fraction of sp³-hybridized carbons (Fsp3) is 0.333. The molecule has 0 fully saturated rings. The van der Waals surface area contributed by atoms with Crippen LogP contribution < -0.4 is 0 Å². The third kappa shape index (κ3) is 1.53. The molecule has 0 saturated heterocycles. The standard InChI is InChI=1S/C9H12N4/c1-13(2)6-7-5-12-9-8(7)10-3-4-11-9/h3-5H,6H2,1-2H3,(H,11,12). The van der Waals surface area contributed by atoms with E-state index in [4.69, 9.17) is 0 Å². The Morgan fingerprint density at radius 2 is 2.08 bits per heavy atom. The molecule has 4 nitrogen and oxygen atoms in total. The van der Waals surface area contributed by atoms with Crippen molar-refractivity contribution >= 4 is 11.2 Å². The summed E-state index contributed by atoms with van der Waals surface area (Å²) in [5.41, 5.74) is 3.02. The van der Waals surface area contributed by atoms with Gasteiger partial charge in [-0.1, -0.05) is 0 Å². The predicted octanol–water partition coefficient (Wildman–Crippen LogP) is 1.02. The number of hydrogen-bond acceptors (Lipinski definition) is 3. The van der Waals surface area contributed by atoms with Crippen LogP contribution in [-0.2, 0) is 6.54 Å². The highest BCUT2D eigenvalue weighted by Gasteiger charge is 2.05. The molecule has 0 unspecified atom stereocenters. The molecular formula is C9H12N4. The molecule has 2 aromatic heterocycles. The second kappa shape index (κ2) is 3.14. The van der Waals surface area contributed by atoms with E-state index in [0.717, 1.165) is 17.7 Å². The number of nitrogens with zero attached hydrogens (tertiary/aromatic N) is 3. The van der Waals surface area contributed by atoms with Crippen LogP contribution in [0.15, 0.2) is 18.6 Å². The van der Waals surface area contributed by atoms with Gasteiger partial charge < -0.3 is 9.88 Å². The molecule has 0 aliphatic rings. The maximum atomic E-state index is 4.27. The Bertz CT molecular complexity index is 405. The first kappa shape index (κ1) is 8.19. The lowest BCUT2D eigenvalue weighted by molar-refractivity contribution is 0.404. The molecule has 0 aliphatic carbocycles. The van der Waals surface area contributed by atoms with Crippen LogP contribution in [0, 0.1) is 0 Å². The van der Waals surface area contributed by atoms with E-state index in [9.17, 15) is 0 Å². The minimum atomic E-state index is 0.861. The highest BCUT2D eigenvalue weighted by atomic mass is 15.1. The van der Waals surface area contributed by atoms with Gasteiger partial charge in [-0.3, -0.25) is 4.98 Å². The van der Waals surface area contributed by atoms with Crippen LogP contribution in [0.25, 0.3) is 11.2 Å². The van der Waals surface area contributed by atoms with Crippen molar-refractivity contribution in [1.29, 1.82) is 0 Å². The summed E-state index contributed by atoms with van der Waals surface area (Å²) in [7, 11) is 4.07. The van der Waals surface area contributed by atoms with Gasteiger partial charge in [0.15, 0.2) is 5.65 Å². The van der Waals surface area contributed by atoms with Gasteiger partial charge in [-0.15, -0.1) is 0 Å². The highest BCUT2D eigenvalue weighted by molar-refractivity contribution is 5.74. The Hall–Kier alpha value is -1.42. The van der Waals surface area contributed by atoms with Crippen molar-refractivity contribution in [1.82, 2.24) is 19.9 Å². The van der Waals surface area contributed by atoms with Gasteiger partial charge in [0.2, 0.25) is 0 Å². The highest BCUT2D eigenvalue weighted by Crippen LogP contribution is 2.13. The van der Waals surface area contributed by atoms with Gasteiger partial charge in [0.1, 0.15) is 5.52 Å². The molecule has 1 N–H and O–H groups in total. The Morgan fingerprint density at radius 3 is 2.85 bits per heavy atom. The van der Waals surface area contributed by atoms with Gasteiger partial charge in [0, 0.05) is 30.7 Å². The maximum absolute atomic E-state index is 4.27. The van der Waals surface area contributed by atoms with Crippen LogP contribution in [0.4, 0.5) is 0 Å². The van der Waals surface area contributed by atoms with Gasteiger partial charge in [0.05, 0.1) is 0 Å². The zero-order valence-corrected chi connectivity index (χ0v) is 7.78. The molecule has 0 aromatic carbocycles. The molecule has 0 aliphatic heterocycles. The van der Waals surface area contributed by atoms with Gasteiger partial charge in [0.25, 0.3) is 0 Å². The smallest absolute Gasteiger partial charge is 0.156 e. The molecule has 2 rings (SSSR count). The van der Waals surface area contributed by atoms with E-state index in [0.29, 0.717) is 0 Å². The Labute approximate surface area is 76.6 Å². The maximum Gasteiger partial charge on any atom is 0.156 e. The van der Waals surface area contributed by atoms with E-state index >= 15 is 0 Å². The zero-order chi connectivity index (χ0) is 9.26. The van der Waals surface area contributed by atoms with Crippen LogP contribution in [0.3, 0.4) is 0 Å². The summed E-state index contributed by atoms with van der Waals surface area (Å²) in [6, 6.07) is 0. The van der Waals surface area contributed by atoms with Crippen LogP contribution >= 0.6 is 0 Å². The predicted molar refractivity (Wildman–Crippen MR) is 51.3 cm³/mol. The number of fused-ring (bicyclic) bond motifs is 1. The lowest BCUT2D eigenvalue weighted by Crippen LogP contribution is -2.10. The van der Waals surface area contributed by atoms with E-state index in [1.807, 2.05) is 20.3 Å². The van der Waals surface area contributed by atoms with E-state index < -0.39 is 0 Å². The molecule has 0 bridgehead atoms. The first-order valence-corrected chi connectivity index (χ1v) is 4.19. The number of aromatic nitrogens is 3. The molecule has 0 radical (unpaired) electrons. The fourth-order valence-corrected chi connectivity index (χ4v) is 1.36. The Balaban J connectivity index is 2.46. The van der Waals surface area contributed by atoms with Gasteiger partial charge >= 0.3 is 0 Å². The first-order chi connectivity index (χ1) is 6.27. The summed E-state index contributed by atoms with van der Waals surface area (Å²) < 4.78 is 0. The Morgan fingerprint density at radius 1 is 1.31 bits per heavy atom. The molecule has 4 heteroatoms. The minimum Gasteiger partial charge on any atom is -0.344 e. The second-order valence-corrected chi connectivity index (χ2v) is 3.31. The molecular weight excluding hydrogens is 164 g/mol. The average Bonchev–Trinajstić information content (AvgIpc) is 2.48. The zero-order valence-electron chi connectivity index (χ0n) is 7.78. The quantitative estimate of drug-likeness (QED) is 0.743. The summed E-state index contributed by atoms with van der Waals surface area (Å²) in [6.45, 7) is 0.888. The van der Waals surface area contributed by atoms with Crippen LogP contribution in [0.5, 0.6) is 0 Å². The SMILES string of the molecule is CN(C)Cc1c[nH]c2nccnc12. The number of rotatable bonds is 2. The Kier molecular flexibility index (Phi) is 1.98. The molecule has 0 atom stereocenters. The van der Waals surface area contributed by atoms with E-state index in [1.165, 1.54) is 5.56 Å². The lowest BCUT2D eigenvalue weighted by Gasteiger charge is -2.06. The summed E-state index contributed by atoms with van der Waals surface area (Å²) in [4.78, 5) is 13.6. The summed E-state index contributed by atoms with van der Waals surface area (Å²) >= 11 is 0. The van der Waals surface area contributed by atoms with Crippen molar-refractivity contribution < 1.29 is 0 Å². The topological polar surface area (TPSA) is 44.8 Å². The molecule has 0 spiro atoms.